The Labute approximate surface area is 202 Å². The van der Waals surface area contributed by atoms with E-state index in [4.69, 9.17) is 16.3 Å². The first-order chi connectivity index (χ1) is 16.5. The lowest BCUT2D eigenvalue weighted by atomic mass is 10.1. The lowest BCUT2D eigenvalue weighted by Crippen LogP contribution is -2.27. The Bertz CT molecular complexity index is 1660. The average molecular weight is 495 g/mol. The topological polar surface area (TPSA) is 87.6 Å². The van der Waals surface area contributed by atoms with Crippen LogP contribution in [0.2, 0.25) is 5.02 Å². The monoisotopic (exact) mass is 494 g/mol. The van der Waals surface area contributed by atoms with Crippen LogP contribution in [0.5, 0.6) is 5.75 Å². The van der Waals surface area contributed by atoms with Crippen molar-refractivity contribution in [1.29, 1.82) is 0 Å². The van der Waals surface area contributed by atoms with Gasteiger partial charge in [-0.2, -0.15) is 0 Å². The smallest absolute Gasteiger partial charge is 0.352 e. The number of hydrogen-bond acceptors (Lipinski definition) is 6. The number of hydrogen-bond donors (Lipinski definition) is 0. The molecule has 0 saturated heterocycles. The average Bonchev–Trinajstić information content (AvgIpc) is 3.43. The van der Waals surface area contributed by atoms with E-state index in [0.717, 1.165) is 10.2 Å². The zero-order chi connectivity index (χ0) is 23.8. The summed E-state index contributed by atoms with van der Waals surface area (Å²) < 4.78 is 10.0. The van der Waals surface area contributed by atoms with Gasteiger partial charge in [0.05, 0.1) is 23.7 Å². The van der Waals surface area contributed by atoms with Crippen LogP contribution in [0.3, 0.4) is 0 Å². The summed E-state index contributed by atoms with van der Waals surface area (Å²) in [6.07, 6.45) is 0. The number of rotatable bonds is 7. The van der Waals surface area contributed by atoms with Crippen molar-refractivity contribution in [2.45, 2.75) is 20.0 Å². The summed E-state index contributed by atoms with van der Waals surface area (Å²) in [5, 5.41) is 6.45. The molecule has 0 saturated carbocycles. The maximum Gasteiger partial charge on any atom is 0.352 e. The van der Waals surface area contributed by atoms with Crippen molar-refractivity contribution in [2.75, 3.05) is 6.61 Å². The molecule has 0 aliphatic heterocycles. The maximum atomic E-state index is 13.4. The van der Waals surface area contributed by atoms with Gasteiger partial charge < -0.3 is 4.74 Å². The minimum absolute atomic E-state index is 0.152. The normalized spacial score (nSPS) is 11.4. The van der Waals surface area contributed by atoms with E-state index in [1.165, 1.54) is 20.3 Å². The number of carbonyl (C=O) groups is 1. The van der Waals surface area contributed by atoms with Crippen molar-refractivity contribution in [3.8, 4) is 5.75 Å². The molecule has 8 nitrogen and oxygen atoms in total. The van der Waals surface area contributed by atoms with E-state index >= 15 is 0 Å². The van der Waals surface area contributed by atoms with Gasteiger partial charge in [0.25, 0.3) is 5.56 Å². The number of Topliss-reactive ketones (excluding diaryl/α,β-unsaturated/α-hetero) is 1. The number of ketones is 1. The summed E-state index contributed by atoms with van der Waals surface area (Å²) in [7, 11) is 0. The highest BCUT2D eigenvalue weighted by Gasteiger charge is 2.21. The summed E-state index contributed by atoms with van der Waals surface area (Å²) in [4.78, 5) is 39.6. The van der Waals surface area contributed by atoms with Gasteiger partial charge in [-0.15, -0.1) is 16.4 Å². The fourth-order valence-electron chi connectivity index (χ4n) is 3.89. The Balaban J connectivity index is 1.67. The quantitative estimate of drug-likeness (QED) is 0.321. The minimum atomic E-state index is -0.509. The number of ether oxygens (including phenoxy) is 1. The largest absolute Gasteiger partial charge is 0.494 e. The van der Waals surface area contributed by atoms with Crippen molar-refractivity contribution < 1.29 is 9.53 Å². The maximum absolute atomic E-state index is 13.4. The van der Waals surface area contributed by atoms with Crippen molar-refractivity contribution in [3.05, 3.63) is 97.0 Å². The van der Waals surface area contributed by atoms with Crippen LogP contribution < -0.4 is 16.0 Å². The van der Waals surface area contributed by atoms with Gasteiger partial charge in [-0.1, -0.05) is 41.9 Å². The van der Waals surface area contributed by atoms with Crippen LogP contribution in [0.4, 0.5) is 0 Å². The van der Waals surface area contributed by atoms with Gasteiger partial charge in [0, 0.05) is 11.1 Å². The highest BCUT2D eigenvalue weighted by molar-refractivity contribution is 7.17. The summed E-state index contributed by atoms with van der Waals surface area (Å²) in [5.41, 5.74) is 0.764. The molecule has 5 rings (SSSR count). The van der Waals surface area contributed by atoms with E-state index in [1.54, 1.807) is 35.7 Å². The molecule has 34 heavy (non-hydrogen) atoms. The summed E-state index contributed by atoms with van der Waals surface area (Å²) in [6, 6.07) is 15.8. The van der Waals surface area contributed by atoms with Crippen LogP contribution in [-0.4, -0.2) is 31.1 Å². The number of fused-ring (bicyclic) bond motifs is 3. The molecular formula is C24H19ClN4O4S. The van der Waals surface area contributed by atoms with Gasteiger partial charge in [0.1, 0.15) is 17.0 Å². The number of halogens is 1. The first-order valence-corrected chi connectivity index (χ1v) is 11.8. The molecule has 5 aromatic rings. The second kappa shape index (κ2) is 8.92. The van der Waals surface area contributed by atoms with Gasteiger partial charge in [-0.3, -0.25) is 14.2 Å². The van der Waals surface area contributed by atoms with Crippen molar-refractivity contribution in [3.63, 3.8) is 0 Å². The highest BCUT2D eigenvalue weighted by Crippen LogP contribution is 2.22. The van der Waals surface area contributed by atoms with Crippen LogP contribution >= 0.6 is 22.9 Å². The summed E-state index contributed by atoms with van der Waals surface area (Å²) in [6.45, 7) is 2.21. The van der Waals surface area contributed by atoms with Gasteiger partial charge in [-0.05, 0) is 36.6 Å². The molecule has 2 aromatic carbocycles. The molecule has 0 radical (unpaired) electrons. The van der Waals surface area contributed by atoms with E-state index in [0.29, 0.717) is 33.2 Å². The molecule has 0 unspecified atom stereocenters. The number of benzene rings is 2. The molecular weight excluding hydrogens is 476 g/mol. The highest BCUT2D eigenvalue weighted by atomic mass is 35.5. The van der Waals surface area contributed by atoms with Crippen LogP contribution in [0.15, 0.2) is 69.6 Å². The Kier molecular flexibility index (Phi) is 5.80. The van der Waals surface area contributed by atoms with Crippen LogP contribution in [0.1, 0.15) is 22.8 Å². The van der Waals surface area contributed by atoms with E-state index in [1.807, 2.05) is 31.2 Å². The van der Waals surface area contributed by atoms with E-state index in [-0.39, 0.29) is 30.2 Å². The second-order valence-corrected chi connectivity index (χ2v) is 8.87. The number of nitrogens with zero attached hydrogens (tertiary/aromatic N) is 4. The zero-order valence-corrected chi connectivity index (χ0v) is 19.7. The first-order valence-electron chi connectivity index (χ1n) is 10.6. The fourth-order valence-corrected chi connectivity index (χ4v) is 4.95. The predicted octanol–water partition coefficient (Wildman–Crippen LogP) is 3.86. The Morgan fingerprint density at radius 2 is 1.85 bits per heavy atom. The van der Waals surface area contributed by atoms with Crippen LogP contribution in [-0.2, 0) is 13.1 Å². The molecule has 0 fully saturated rings. The number of para-hydroxylation sites is 1. The van der Waals surface area contributed by atoms with Crippen molar-refractivity contribution >= 4 is 44.7 Å². The van der Waals surface area contributed by atoms with Gasteiger partial charge >= 0.3 is 5.69 Å². The third-order valence-corrected chi connectivity index (χ3v) is 6.68. The lowest BCUT2D eigenvalue weighted by molar-refractivity contribution is 0.0966. The molecule has 0 aliphatic rings. The van der Waals surface area contributed by atoms with E-state index in [9.17, 15) is 14.4 Å². The van der Waals surface area contributed by atoms with Gasteiger partial charge in [0.15, 0.2) is 5.78 Å². The van der Waals surface area contributed by atoms with Crippen molar-refractivity contribution in [1.82, 2.24) is 18.7 Å². The Morgan fingerprint density at radius 3 is 2.65 bits per heavy atom. The van der Waals surface area contributed by atoms with E-state index in [2.05, 4.69) is 5.10 Å². The lowest BCUT2D eigenvalue weighted by Gasteiger charge is -2.12. The van der Waals surface area contributed by atoms with Crippen molar-refractivity contribution in [2.24, 2.45) is 0 Å². The minimum Gasteiger partial charge on any atom is -0.494 e. The molecule has 0 spiro atoms. The summed E-state index contributed by atoms with van der Waals surface area (Å²) in [5.74, 6) is 0.449. The molecule has 172 valence electrons. The number of thiophene rings is 1. The summed E-state index contributed by atoms with van der Waals surface area (Å²) >= 11 is 7.41. The van der Waals surface area contributed by atoms with Crippen LogP contribution in [0.25, 0.3) is 16.0 Å². The molecule has 0 aliphatic carbocycles. The van der Waals surface area contributed by atoms with Crippen LogP contribution in [0, 0.1) is 0 Å². The molecule has 0 bridgehead atoms. The molecule has 0 N–H and O–H groups in total. The zero-order valence-electron chi connectivity index (χ0n) is 18.1. The number of carbonyl (C=O) groups excluding carboxylic acids is 1. The standard InChI is InChI=1S/C24H19ClN4O4S/c1-2-33-20-10-6-3-7-15(20)13-27-22(31)21-18(11-12-34-21)29-23(27)26-28(24(29)32)14-19(30)16-8-4-5-9-17(16)25/h3-12H,2,13-14H2,1H3. The third-order valence-electron chi connectivity index (χ3n) is 5.46. The third kappa shape index (κ3) is 3.72. The molecule has 0 amide bonds. The molecule has 10 heteroatoms. The SMILES string of the molecule is CCOc1ccccc1Cn1c(=O)c2sccc2n2c(=O)n(CC(=O)c3ccccc3Cl)nc12. The Morgan fingerprint density at radius 1 is 1.09 bits per heavy atom. The van der Waals surface area contributed by atoms with Gasteiger partial charge in [0.2, 0.25) is 5.78 Å². The second-order valence-electron chi connectivity index (χ2n) is 7.55. The molecule has 0 atom stereocenters. The Hall–Kier alpha value is -3.69. The molecule has 3 heterocycles. The fraction of sp³-hybridized carbons (Fsp3) is 0.167. The van der Waals surface area contributed by atoms with Gasteiger partial charge in [-0.25, -0.2) is 13.9 Å². The predicted molar refractivity (Wildman–Crippen MR) is 132 cm³/mol. The number of aromatic nitrogens is 4. The first kappa shape index (κ1) is 22.1. The molecule has 3 aromatic heterocycles. The van der Waals surface area contributed by atoms with E-state index < -0.39 is 5.69 Å².